The van der Waals surface area contributed by atoms with Crippen LogP contribution in [0.15, 0.2) is 18.5 Å². The number of amides is 1. The summed E-state index contributed by atoms with van der Waals surface area (Å²) in [5, 5.41) is 2.70. The van der Waals surface area contributed by atoms with E-state index < -0.39 is 0 Å². The topological polar surface area (TPSA) is 99.1 Å². The summed E-state index contributed by atoms with van der Waals surface area (Å²) in [5.74, 6) is -0.345. The fourth-order valence-corrected chi connectivity index (χ4v) is 1.62. The summed E-state index contributed by atoms with van der Waals surface area (Å²) < 4.78 is 10.1. The molecule has 0 radical (unpaired) electrons. The van der Waals surface area contributed by atoms with Gasteiger partial charge in [0.15, 0.2) is 6.61 Å². The average Bonchev–Trinajstić information content (AvgIpc) is 2.49. The van der Waals surface area contributed by atoms with Crippen LogP contribution in [0, 0.1) is 13.8 Å². The minimum Gasteiger partial charge on any atom is -0.467 e. The quantitative estimate of drug-likeness (QED) is 0.873. The van der Waals surface area contributed by atoms with Crippen molar-refractivity contribution in [2.45, 2.75) is 13.8 Å². The number of aromatic nitrogens is 4. The molecule has 0 saturated heterocycles. The maximum atomic E-state index is 11.9. The molecule has 0 bridgehead atoms. The largest absolute Gasteiger partial charge is 0.467 e. The highest BCUT2D eigenvalue weighted by atomic mass is 16.5. The zero-order valence-electron chi connectivity index (χ0n) is 12.0. The highest BCUT2D eigenvalue weighted by Gasteiger charge is 2.12. The van der Waals surface area contributed by atoms with E-state index in [1.807, 2.05) is 0 Å². The molecule has 2 rings (SSSR count). The molecule has 2 heterocycles. The van der Waals surface area contributed by atoms with Crippen molar-refractivity contribution in [2.75, 3.05) is 19.0 Å². The van der Waals surface area contributed by atoms with Crippen molar-refractivity contribution in [3.8, 4) is 12.0 Å². The van der Waals surface area contributed by atoms with E-state index in [1.165, 1.54) is 19.5 Å². The lowest BCUT2D eigenvalue weighted by molar-refractivity contribution is -0.118. The van der Waals surface area contributed by atoms with Gasteiger partial charge in [-0.25, -0.2) is 9.97 Å². The summed E-state index contributed by atoms with van der Waals surface area (Å²) in [6.07, 6.45) is 3.07. The van der Waals surface area contributed by atoms with Crippen LogP contribution in [-0.2, 0) is 4.79 Å². The Hall–Kier alpha value is -2.77. The van der Waals surface area contributed by atoms with E-state index in [9.17, 15) is 4.79 Å². The number of carbonyl (C=O) groups is 1. The van der Waals surface area contributed by atoms with Crippen molar-refractivity contribution in [1.29, 1.82) is 0 Å². The number of anilines is 1. The molecule has 0 aromatic carbocycles. The molecule has 110 valence electrons. The summed E-state index contributed by atoms with van der Waals surface area (Å²) in [7, 11) is 1.49. The van der Waals surface area contributed by atoms with E-state index in [4.69, 9.17) is 9.47 Å². The maximum Gasteiger partial charge on any atom is 0.316 e. The molecule has 1 amide bonds. The zero-order valence-corrected chi connectivity index (χ0v) is 12.0. The first-order chi connectivity index (χ1) is 10.1. The van der Waals surface area contributed by atoms with Crippen LogP contribution >= 0.6 is 0 Å². The molecule has 0 unspecified atom stereocenters. The van der Waals surface area contributed by atoms with Crippen molar-refractivity contribution in [3.05, 3.63) is 29.8 Å². The summed E-state index contributed by atoms with van der Waals surface area (Å²) in [6.45, 7) is 3.32. The van der Waals surface area contributed by atoms with E-state index in [0.717, 1.165) is 0 Å². The van der Waals surface area contributed by atoms with Gasteiger partial charge in [0.05, 0.1) is 24.2 Å². The van der Waals surface area contributed by atoms with Crippen LogP contribution in [0.4, 0.5) is 5.69 Å². The first kappa shape index (κ1) is 14.6. The molecule has 2 aromatic rings. The van der Waals surface area contributed by atoms with Gasteiger partial charge in [-0.2, -0.15) is 9.97 Å². The molecule has 8 nitrogen and oxygen atoms in total. The standard InChI is InChI=1S/C13H15N5O3/c1-8-11(9(2)17-13(16-8)20-3)18-10(19)7-21-12-14-5-4-6-15-12/h4-6H,7H2,1-3H3,(H,18,19). The number of rotatable bonds is 5. The van der Waals surface area contributed by atoms with E-state index in [2.05, 4.69) is 25.3 Å². The summed E-state index contributed by atoms with van der Waals surface area (Å²) >= 11 is 0. The van der Waals surface area contributed by atoms with E-state index in [1.54, 1.807) is 19.9 Å². The number of hydrogen-bond donors (Lipinski definition) is 1. The Balaban J connectivity index is 2.00. The van der Waals surface area contributed by atoms with Gasteiger partial charge in [0, 0.05) is 12.4 Å². The number of methoxy groups -OCH3 is 1. The highest BCUT2D eigenvalue weighted by molar-refractivity contribution is 5.92. The van der Waals surface area contributed by atoms with Crippen LogP contribution in [0.2, 0.25) is 0 Å². The van der Waals surface area contributed by atoms with Crippen molar-refractivity contribution in [3.63, 3.8) is 0 Å². The van der Waals surface area contributed by atoms with Crippen LogP contribution in [0.5, 0.6) is 12.0 Å². The molecule has 0 fully saturated rings. The monoisotopic (exact) mass is 289 g/mol. The number of nitrogens with one attached hydrogen (secondary N) is 1. The third-order valence-electron chi connectivity index (χ3n) is 2.57. The Morgan fingerprint density at radius 2 is 1.76 bits per heavy atom. The molecule has 21 heavy (non-hydrogen) atoms. The van der Waals surface area contributed by atoms with Crippen LogP contribution in [-0.4, -0.2) is 39.6 Å². The molecule has 2 aromatic heterocycles. The summed E-state index contributed by atoms with van der Waals surface area (Å²) in [5.41, 5.74) is 1.77. The first-order valence-electron chi connectivity index (χ1n) is 6.19. The van der Waals surface area contributed by atoms with Crippen LogP contribution < -0.4 is 14.8 Å². The Kier molecular flexibility index (Phi) is 4.60. The van der Waals surface area contributed by atoms with Crippen molar-refractivity contribution < 1.29 is 14.3 Å². The van der Waals surface area contributed by atoms with Crippen molar-refractivity contribution in [1.82, 2.24) is 19.9 Å². The number of carbonyl (C=O) groups excluding carboxylic acids is 1. The van der Waals surface area contributed by atoms with Crippen molar-refractivity contribution >= 4 is 11.6 Å². The van der Waals surface area contributed by atoms with Gasteiger partial charge in [-0.05, 0) is 19.9 Å². The lowest BCUT2D eigenvalue weighted by atomic mass is 10.3. The Bertz CT molecular complexity index is 610. The Morgan fingerprint density at radius 3 is 2.33 bits per heavy atom. The van der Waals surface area contributed by atoms with Crippen LogP contribution in [0.3, 0.4) is 0 Å². The molecule has 0 aliphatic heterocycles. The molecule has 8 heteroatoms. The highest BCUT2D eigenvalue weighted by Crippen LogP contribution is 2.19. The van der Waals surface area contributed by atoms with Crippen LogP contribution in [0.1, 0.15) is 11.4 Å². The minimum absolute atomic E-state index is 0.145. The molecule has 0 atom stereocenters. The van der Waals surface area contributed by atoms with Gasteiger partial charge in [0.25, 0.3) is 5.91 Å². The third-order valence-corrected chi connectivity index (χ3v) is 2.57. The zero-order chi connectivity index (χ0) is 15.2. The van der Waals surface area contributed by atoms with Gasteiger partial charge in [-0.15, -0.1) is 0 Å². The molecule has 0 aliphatic rings. The van der Waals surface area contributed by atoms with Crippen LogP contribution in [0.25, 0.3) is 0 Å². The van der Waals surface area contributed by atoms with E-state index >= 15 is 0 Å². The predicted molar refractivity (Wildman–Crippen MR) is 74.2 cm³/mol. The van der Waals surface area contributed by atoms with Gasteiger partial charge in [-0.3, -0.25) is 4.79 Å². The second-order valence-electron chi connectivity index (χ2n) is 4.12. The minimum atomic E-state index is -0.345. The molecule has 0 saturated carbocycles. The number of aryl methyl sites for hydroxylation is 2. The normalized spacial score (nSPS) is 10.0. The van der Waals surface area contributed by atoms with Crippen molar-refractivity contribution in [2.24, 2.45) is 0 Å². The molecular weight excluding hydrogens is 274 g/mol. The fourth-order valence-electron chi connectivity index (χ4n) is 1.62. The van der Waals surface area contributed by atoms with Gasteiger partial charge >= 0.3 is 12.0 Å². The lowest BCUT2D eigenvalue weighted by Crippen LogP contribution is -2.22. The van der Waals surface area contributed by atoms with Gasteiger partial charge in [0.1, 0.15) is 0 Å². The second kappa shape index (κ2) is 6.60. The predicted octanol–water partition coefficient (Wildman–Crippen LogP) is 0.910. The smallest absolute Gasteiger partial charge is 0.316 e. The summed E-state index contributed by atoms with van der Waals surface area (Å²) in [6, 6.07) is 2.07. The van der Waals surface area contributed by atoms with E-state index in [0.29, 0.717) is 17.1 Å². The number of hydrogen-bond acceptors (Lipinski definition) is 7. The molecule has 1 N–H and O–H groups in total. The van der Waals surface area contributed by atoms with Gasteiger partial charge in [0.2, 0.25) is 0 Å². The van der Waals surface area contributed by atoms with E-state index in [-0.39, 0.29) is 24.5 Å². The fraction of sp³-hybridized carbons (Fsp3) is 0.308. The average molecular weight is 289 g/mol. The third kappa shape index (κ3) is 3.85. The van der Waals surface area contributed by atoms with Gasteiger partial charge < -0.3 is 14.8 Å². The Labute approximate surface area is 121 Å². The molecule has 0 aliphatic carbocycles. The molecule has 0 spiro atoms. The summed E-state index contributed by atoms with van der Waals surface area (Å²) in [4.78, 5) is 27.8. The SMILES string of the molecule is COc1nc(C)c(NC(=O)COc2ncccn2)c(C)n1. The second-order valence-corrected chi connectivity index (χ2v) is 4.12. The number of nitrogens with zero attached hydrogens (tertiary/aromatic N) is 4. The number of ether oxygens (including phenoxy) is 2. The first-order valence-corrected chi connectivity index (χ1v) is 6.19. The van der Waals surface area contributed by atoms with Gasteiger partial charge in [-0.1, -0.05) is 0 Å². The lowest BCUT2D eigenvalue weighted by Gasteiger charge is -2.11. The Morgan fingerprint density at radius 1 is 1.14 bits per heavy atom. The molecular formula is C13H15N5O3. The maximum absolute atomic E-state index is 11.9.